The van der Waals surface area contributed by atoms with Crippen molar-refractivity contribution < 1.29 is 4.74 Å². The van der Waals surface area contributed by atoms with Crippen LogP contribution < -0.4 is 5.32 Å². The van der Waals surface area contributed by atoms with Gasteiger partial charge < -0.3 is 15.0 Å². The molecule has 17 heavy (non-hydrogen) atoms. The van der Waals surface area contributed by atoms with E-state index in [4.69, 9.17) is 4.74 Å². The molecule has 1 aromatic rings. The minimum atomic E-state index is 0.290. The van der Waals surface area contributed by atoms with Gasteiger partial charge in [0.05, 0.1) is 12.7 Å². The molecule has 0 spiro atoms. The summed E-state index contributed by atoms with van der Waals surface area (Å²) in [4.78, 5) is 2.31. The van der Waals surface area contributed by atoms with E-state index in [1.165, 1.54) is 5.56 Å². The lowest BCUT2D eigenvalue weighted by Crippen LogP contribution is -2.43. The van der Waals surface area contributed by atoms with Gasteiger partial charge in [0, 0.05) is 29.8 Å². The van der Waals surface area contributed by atoms with Gasteiger partial charge in [-0.05, 0) is 37.7 Å². The second kappa shape index (κ2) is 5.85. The summed E-state index contributed by atoms with van der Waals surface area (Å²) in [6.45, 7) is 5.84. The van der Waals surface area contributed by atoms with E-state index < -0.39 is 0 Å². The van der Waals surface area contributed by atoms with Crippen LogP contribution in [0.15, 0.2) is 22.7 Å². The van der Waals surface area contributed by atoms with Crippen LogP contribution in [0.4, 0.5) is 5.69 Å². The lowest BCUT2D eigenvalue weighted by atomic mass is 10.2. The SMILES string of the molecule is Cc1cc(NCC2CN(C)CCO2)ccc1Br. The van der Waals surface area contributed by atoms with E-state index in [2.05, 4.69) is 58.3 Å². The van der Waals surface area contributed by atoms with Crippen molar-refractivity contribution in [2.24, 2.45) is 0 Å². The van der Waals surface area contributed by atoms with Crippen LogP contribution in [0.3, 0.4) is 0 Å². The summed E-state index contributed by atoms with van der Waals surface area (Å²) in [6.07, 6.45) is 0.290. The zero-order chi connectivity index (χ0) is 12.3. The lowest BCUT2D eigenvalue weighted by Gasteiger charge is -2.30. The van der Waals surface area contributed by atoms with E-state index in [0.717, 1.165) is 36.4 Å². The van der Waals surface area contributed by atoms with Gasteiger partial charge in [0.2, 0.25) is 0 Å². The average Bonchev–Trinajstić information content (AvgIpc) is 2.31. The number of ether oxygens (including phenoxy) is 1. The monoisotopic (exact) mass is 298 g/mol. The van der Waals surface area contributed by atoms with E-state index in [1.54, 1.807) is 0 Å². The minimum absolute atomic E-state index is 0.290. The number of nitrogens with one attached hydrogen (secondary N) is 1. The van der Waals surface area contributed by atoms with E-state index in [-0.39, 0.29) is 6.10 Å². The van der Waals surface area contributed by atoms with Gasteiger partial charge in [-0.15, -0.1) is 0 Å². The Morgan fingerprint density at radius 1 is 1.53 bits per heavy atom. The molecule has 1 aromatic carbocycles. The Morgan fingerprint density at radius 3 is 3.06 bits per heavy atom. The third kappa shape index (κ3) is 3.69. The highest BCUT2D eigenvalue weighted by atomic mass is 79.9. The molecule has 2 rings (SSSR count). The van der Waals surface area contributed by atoms with Crippen LogP contribution >= 0.6 is 15.9 Å². The van der Waals surface area contributed by atoms with E-state index >= 15 is 0 Å². The first-order chi connectivity index (χ1) is 8.15. The molecule has 0 saturated carbocycles. The number of anilines is 1. The number of benzene rings is 1. The number of halogens is 1. The maximum atomic E-state index is 5.71. The summed E-state index contributed by atoms with van der Waals surface area (Å²) in [5.41, 5.74) is 2.40. The molecule has 1 atom stereocenters. The molecule has 0 aliphatic carbocycles. The first-order valence-electron chi connectivity index (χ1n) is 5.95. The maximum absolute atomic E-state index is 5.71. The van der Waals surface area contributed by atoms with Crippen molar-refractivity contribution in [2.45, 2.75) is 13.0 Å². The first-order valence-corrected chi connectivity index (χ1v) is 6.74. The zero-order valence-corrected chi connectivity index (χ0v) is 12.0. The number of nitrogens with zero attached hydrogens (tertiary/aromatic N) is 1. The van der Waals surface area contributed by atoms with Crippen molar-refractivity contribution in [1.29, 1.82) is 0 Å². The van der Waals surface area contributed by atoms with Crippen LogP contribution in [0, 0.1) is 6.92 Å². The van der Waals surface area contributed by atoms with Gasteiger partial charge in [0.1, 0.15) is 0 Å². The summed E-state index contributed by atoms with van der Waals surface area (Å²) in [7, 11) is 2.14. The molecule has 1 aliphatic heterocycles. The molecular weight excluding hydrogens is 280 g/mol. The third-order valence-corrected chi connectivity index (χ3v) is 3.92. The number of hydrogen-bond donors (Lipinski definition) is 1. The molecule has 0 amide bonds. The van der Waals surface area contributed by atoms with Crippen LogP contribution in [0.25, 0.3) is 0 Å². The van der Waals surface area contributed by atoms with Crippen LogP contribution in [0.1, 0.15) is 5.56 Å². The maximum Gasteiger partial charge on any atom is 0.0874 e. The van der Waals surface area contributed by atoms with Crippen LogP contribution in [-0.2, 0) is 4.74 Å². The summed E-state index contributed by atoms with van der Waals surface area (Å²) < 4.78 is 6.86. The number of hydrogen-bond acceptors (Lipinski definition) is 3. The van der Waals surface area contributed by atoms with Gasteiger partial charge in [-0.3, -0.25) is 0 Å². The molecule has 3 nitrogen and oxygen atoms in total. The molecule has 94 valence electrons. The fourth-order valence-corrected chi connectivity index (χ4v) is 2.22. The summed E-state index contributed by atoms with van der Waals surface area (Å²) in [6, 6.07) is 6.31. The summed E-state index contributed by atoms with van der Waals surface area (Å²) >= 11 is 3.51. The topological polar surface area (TPSA) is 24.5 Å². The average molecular weight is 299 g/mol. The highest BCUT2D eigenvalue weighted by molar-refractivity contribution is 9.10. The fourth-order valence-electron chi connectivity index (χ4n) is 1.98. The zero-order valence-electron chi connectivity index (χ0n) is 10.4. The normalized spacial score (nSPS) is 21.5. The molecular formula is C13H19BrN2O. The lowest BCUT2D eigenvalue weighted by molar-refractivity contribution is -0.0117. The minimum Gasteiger partial charge on any atom is -0.382 e. The molecule has 1 unspecified atom stereocenters. The van der Waals surface area contributed by atoms with E-state index in [9.17, 15) is 0 Å². The standard InChI is InChI=1S/C13H19BrN2O/c1-10-7-11(3-4-13(10)14)15-8-12-9-16(2)5-6-17-12/h3-4,7,12,15H,5-6,8-9H2,1-2H3. The Labute approximate surface area is 111 Å². The van der Waals surface area contributed by atoms with Gasteiger partial charge in [0.25, 0.3) is 0 Å². The second-order valence-electron chi connectivity index (χ2n) is 4.60. The molecule has 0 bridgehead atoms. The Kier molecular flexibility index (Phi) is 4.42. The van der Waals surface area contributed by atoms with Gasteiger partial charge >= 0.3 is 0 Å². The predicted octanol–water partition coefficient (Wildman–Crippen LogP) is 2.50. The van der Waals surface area contributed by atoms with Crippen molar-refractivity contribution >= 4 is 21.6 Å². The largest absolute Gasteiger partial charge is 0.382 e. The fraction of sp³-hybridized carbons (Fsp3) is 0.538. The van der Waals surface area contributed by atoms with Crippen molar-refractivity contribution in [3.8, 4) is 0 Å². The van der Waals surface area contributed by atoms with Gasteiger partial charge in [-0.25, -0.2) is 0 Å². The molecule has 1 N–H and O–H groups in total. The number of morpholine rings is 1. The Balaban J connectivity index is 1.86. The summed E-state index contributed by atoms with van der Waals surface area (Å²) in [5, 5.41) is 3.43. The number of likely N-dealkylation sites (N-methyl/N-ethyl adjacent to an activating group) is 1. The first kappa shape index (κ1) is 12.9. The highest BCUT2D eigenvalue weighted by Gasteiger charge is 2.17. The summed E-state index contributed by atoms with van der Waals surface area (Å²) in [5.74, 6) is 0. The van der Waals surface area contributed by atoms with Crippen LogP contribution in [0.2, 0.25) is 0 Å². The third-order valence-electron chi connectivity index (χ3n) is 3.03. The smallest absolute Gasteiger partial charge is 0.0874 e. The van der Waals surface area contributed by atoms with E-state index in [1.807, 2.05) is 0 Å². The molecule has 1 fully saturated rings. The molecule has 0 radical (unpaired) electrons. The molecule has 0 aromatic heterocycles. The molecule has 4 heteroatoms. The van der Waals surface area contributed by atoms with Crippen LogP contribution in [-0.4, -0.2) is 44.3 Å². The predicted molar refractivity (Wildman–Crippen MR) is 74.6 cm³/mol. The quantitative estimate of drug-likeness (QED) is 0.928. The van der Waals surface area contributed by atoms with Crippen molar-refractivity contribution in [1.82, 2.24) is 4.90 Å². The Hall–Kier alpha value is -0.580. The Morgan fingerprint density at radius 2 is 2.35 bits per heavy atom. The van der Waals surface area contributed by atoms with Gasteiger partial charge in [-0.1, -0.05) is 15.9 Å². The molecule has 1 heterocycles. The van der Waals surface area contributed by atoms with E-state index in [0.29, 0.717) is 0 Å². The molecule has 1 aliphatic rings. The van der Waals surface area contributed by atoms with Crippen LogP contribution in [0.5, 0.6) is 0 Å². The molecule has 1 saturated heterocycles. The van der Waals surface area contributed by atoms with Gasteiger partial charge in [-0.2, -0.15) is 0 Å². The van der Waals surface area contributed by atoms with Crippen molar-refractivity contribution in [2.75, 3.05) is 38.6 Å². The van der Waals surface area contributed by atoms with Crippen molar-refractivity contribution in [3.63, 3.8) is 0 Å². The number of rotatable bonds is 3. The van der Waals surface area contributed by atoms with Gasteiger partial charge in [0.15, 0.2) is 0 Å². The Bertz CT molecular complexity index is 384. The second-order valence-corrected chi connectivity index (χ2v) is 5.45. The highest BCUT2D eigenvalue weighted by Crippen LogP contribution is 2.20. The number of aryl methyl sites for hydroxylation is 1. The van der Waals surface area contributed by atoms with Crippen molar-refractivity contribution in [3.05, 3.63) is 28.2 Å².